The molecule has 1 spiro atoms. The summed E-state index contributed by atoms with van der Waals surface area (Å²) in [4.78, 5) is 3.96. The highest BCUT2D eigenvalue weighted by molar-refractivity contribution is 7.92. The molecule has 0 saturated carbocycles. The topological polar surface area (TPSA) is 91.5 Å². The van der Waals surface area contributed by atoms with Gasteiger partial charge < -0.3 is 15.2 Å². The zero-order valence-corrected chi connectivity index (χ0v) is 11.9. The van der Waals surface area contributed by atoms with Gasteiger partial charge in [0.1, 0.15) is 0 Å². The van der Waals surface area contributed by atoms with E-state index in [0.29, 0.717) is 32.7 Å². The minimum atomic E-state index is -3.53. The molecule has 2 aliphatic rings. The van der Waals surface area contributed by atoms with Gasteiger partial charge in [-0.25, -0.2) is 13.4 Å². The molecule has 0 aliphatic carbocycles. The van der Waals surface area contributed by atoms with Crippen LogP contribution in [0.2, 0.25) is 0 Å². The Morgan fingerprint density at radius 3 is 2.95 bits per heavy atom. The van der Waals surface area contributed by atoms with Crippen LogP contribution in [0.5, 0.6) is 0 Å². The van der Waals surface area contributed by atoms with Crippen LogP contribution in [0.15, 0.2) is 23.4 Å². The van der Waals surface area contributed by atoms with Gasteiger partial charge in [0, 0.05) is 25.8 Å². The van der Waals surface area contributed by atoms with Gasteiger partial charge >= 0.3 is 0 Å². The fourth-order valence-electron chi connectivity index (χ4n) is 2.91. The first-order chi connectivity index (χ1) is 9.54. The van der Waals surface area contributed by atoms with Gasteiger partial charge in [-0.15, -0.1) is 0 Å². The van der Waals surface area contributed by atoms with Gasteiger partial charge in [-0.2, -0.15) is 0 Å². The van der Waals surface area contributed by atoms with Gasteiger partial charge in [0.05, 0.1) is 23.1 Å². The van der Waals surface area contributed by atoms with Crippen LogP contribution in [0.25, 0.3) is 0 Å². The predicted molar refractivity (Wildman–Crippen MR) is 73.0 cm³/mol. The molecule has 3 rings (SSSR count). The van der Waals surface area contributed by atoms with Crippen molar-refractivity contribution in [3.63, 3.8) is 0 Å². The number of nitrogens with two attached hydrogens (primary N) is 1. The molecule has 0 aromatic carbocycles. The van der Waals surface area contributed by atoms with Gasteiger partial charge in [0.15, 0.2) is 5.03 Å². The van der Waals surface area contributed by atoms with E-state index in [1.165, 1.54) is 6.20 Å². The van der Waals surface area contributed by atoms with Crippen molar-refractivity contribution in [3.8, 4) is 0 Å². The maximum absolute atomic E-state index is 12.7. The minimum Gasteiger partial charge on any atom is -0.396 e. The third kappa shape index (κ3) is 2.30. The highest BCUT2D eigenvalue weighted by atomic mass is 32.2. The molecule has 1 aromatic rings. The Morgan fingerprint density at radius 2 is 2.25 bits per heavy atom. The summed E-state index contributed by atoms with van der Waals surface area (Å²) in [5.41, 5.74) is 5.52. The summed E-state index contributed by atoms with van der Waals surface area (Å²) >= 11 is 0. The third-order valence-electron chi connectivity index (χ3n) is 4.02. The van der Waals surface area contributed by atoms with Crippen LogP contribution in [0.1, 0.15) is 19.3 Å². The Kier molecular flexibility index (Phi) is 3.43. The fourth-order valence-corrected chi connectivity index (χ4v) is 4.76. The van der Waals surface area contributed by atoms with Crippen molar-refractivity contribution in [2.24, 2.45) is 0 Å². The number of hydrogen-bond acceptors (Lipinski definition) is 6. The van der Waals surface area contributed by atoms with E-state index in [4.69, 9.17) is 15.2 Å². The van der Waals surface area contributed by atoms with Gasteiger partial charge in [-0.05, 0) is 25.0 Å². The van der Waals surface area contributed by atoms with Crippen LogP contribution in [-0.2, 0) is 19.3 Å². The summed E-state index contributed by atoms with van der Waals surface area (Å²) in [6, 6.07) is 3.19. The number of ether oxygens (including phenoxy) is 2. The first-order valence-corrected chi connectivity index (χ1v) is 8.24. The molecule has 6 nitrogen and oxygen atoms in total. The number of hydrogen-bond donors (Lipinski definition) is 1. The van der Waals surface area contributed by atoms with Crippen molar-refractivity contribution >= 4 is 15.5 Å². The van der Waals surface area contributed by atoms with E-state index in [9.17, 15) is 8.42 Å². The molecule has 20 heavy (non-hydrogen) atoms. The van der Waals surface area contributed by atoms with Crippen LogP contribution < -0.4 is 5.73 Å². The van der Waals surface area contributed by atoms with E-state index in [0.717, 1.165) is 6.42 Å². The lowest BCUT2D eigenvalue weighted by molar-refractivity contribution is -0.0778. The maximum Gasteiger partial charge on any atom is 0.200 e. The average molecular weight is 298 g/mol. The SMILES string of the molecule is Nc1cccnc1S(=O)(=O)C1CCOC2(CCOC2)C1. The lowest BCUT2D eigenvalue weighted by Gasteiger charge is -2.36. The van der Waals surface area contributed by atoms with E-state index >= 15 is 0 Å². The van der Waals surface area contributed by atoms with E-state index in [1.54, 1.807) is 12.1 Å². The smallest absolute Gasteiger partial charge is 0.200 e. The number of aromatic nitrogens is 1. The highest BCUT2D eigenvalue weighted by Crippen LogP contribution is 2.37. The number of pyridine rings is 1. The fraction of sp³-hybridized carbons (Fsp3) is 0.615. The Balaban J connectivity index is 1.90. The normalized spacial score (nSPS) is 30.7. The molecule has 2 saturated heterocycles. The maximum atomic E-state index is 12.7. The van der Waals surface area contributed by atoms with E-state index < -0.39 is 20.7 Å². The number of nitrogens with zero attached hydrogens (tertiary/aromatic N) is 1. The molecular weight excluding hydrogens is 280 g/mol. The van der Waals surface area contributed by atoms with E-state index in [-0.39, 0.29) is 10.7 Å². The van der Waals surface area contributed by atoms with Crippen LogP contribution in [-0.4, -0.2) is 44.1 Å². The number of nitrogen functional groups attached to an aromatic ring is 1. The van der Waals surface area contributed by atoms with Crippen molar-refractivity contribution in [2.75, 3.05) is 25.6 Å². The summed E-state index contributed by atoms with van der Waals surface area (Å²) in [5.74, 6) is 0. The van der Waals surface area contributed by atoms with Crippen LogP contribution in [0.3, 0.4) is 0 Å². The van der Waals surface area contributed by atoms with Gasteiger partial charge in [-0.1, -0.05) is 0 Å². The van der Waals surface area contributed by atoms with Gasteiger partial charge in [0.25, 0.3) is 0 Å². The third-order valence-corrected chi connectivity index (χ3v) is 6.18. The zero-order valence-electron chi connectivity index (χ0n) is 11.1. The molecule has 0 radical (unpaired) electrons. The standard InChI is InChI=1S/C13H18N2O4S/c14-11-2-1-5-15-12(11)20(16,17)10-3-6-19-13(8-10)4-7-18-9-13/h1-2,5,10H,3-4,6-9,14H2. The monoisotopic (exact) mass is 298 g/mol. The summed E-state index contributed by atoms with van der Waals surface area (Å²) in [6.45, 7) is 1.52. The lowest BCUT2D eigenvalue weighted by atomic mass is 9.93. The van der Waals surface area contributed by atoms with Crippen LogP contribution in [0, 0.1) is 0 Å². The number of sulfone groups is 1. The lowest BCUT2D eigenvalue weighted by Crippen LogP contribution is -2.45. The summed E-state index contributed by atoms with van der Waals surface area (Å²) in [7, 11) is -3.53. The number of anilines is 1. The Bertz CT molecular complexity index is 596. The second kappa shape index (κ2) is 4.98. The first kappa shape index (κ1) is 13.8. The average Bonchev–Trinajstić information content (AvgIpc) is 2.87. The van der Waals surface area contributed by atoms with Gasteiger partial charge in [-0.3, -0.25) is 0 Å². The molecule has 0 bridgehead atoms. The zero-order chi connectivity index (χ0) is 14.2. The minimum absolute atomic E-state index is 0.0130. The molecule has 2 fully saturated rings. The van der Waals surface area contributed by atoms with Gasteiger partial charge in [0.2, 0.25) is 9.84 Å². The van der Waals surface area contributed by atoms with Crippen molar-refractivity contribution < 1.29 is 17.9 Å². The largest absolute Gasteiger partial charge is 0.396 e. The molecule has 2 N–H and O–H groups in total. The molecular formula is C13H18N2O4S. The first-order valence-electron chi connectivity index (χ1n) is 6.70. The van der Waals surface area contributed by atoms with Crippen LogP contribution >= 0.6 is 0 Å². The second-order valence-corrected chi connectivity index (χ2v) is 7.54. The Labute approximate surface area is 118 Å². The molecule has 2 aliphatic heterocycles. The van der Waals surface area contributed by atoms with Crippen molar-refractivity contribution in [2.45, 2.75) is 35.1 Å². The van der Waals surface area contributed by atoms with Crippen molar-refractivity contribution in [1.29, 1.82) is 0 Å². The van der Waals surface area contributed by atoms with Crippen LogP contribution in [0.4, 0.5) is 5.69 Å². The molecule has 2 atom stereocenters. The molecule has 3 heterocycles. The molecule has 2 unspecified atom stereocenters. The van der Waals surface area contributed by atoms with E-state index in [1.807, 2.05) is 0 Å². The van der Waals surface area contributed by atoms with E-state index in [2.05, 4.69) is 4.98 Å². The van der Waals surface area contributed by atoms with Crippen molar-refractivity contribution in [1.82, 2.24) is 4.98 Å². The van der Waals surface area contributed by atoms with Crippen molar-refractivity contribution in [3.05, 3.63) is 18.3 Å². The summed E-state index contributed by atoms with van der Waals surface area (Å²) < 4.78 is 36.6. The quantitative estimate of drug-likeness (QED) is 0.867. The molecule has 1 aromatic heterocycles. The second-order valence-electron chi connectivity index (χ2n) is 5.39. The Morgan fingerprint density at radius 1 is 1.40 bits per heavy atom. The summed E-state index contributed by atoms with van der Waals surface area (Å²) in [5, 5.41) is -0.517. The number of rotatable bonds is 2. The predicted octanol–water partition coefficient (Wildman–Crippen LogP) is 0.776. The molecule has 7 heteroatoms. The highest BCUT2D eigenvalue weighted by Gasteiger charge is 2.45. The Hall–Kier alpha value is -1.18. The molecule has 0 amide bonds. The summed E-state index contributed by atoms with van der Waals surface area (Å²) in [6.07, 6.45) is 3.12. The molecule has 110 valence electrons.